The van der Waals surface area contributed by atoms with Gasteiger partial charge in [0, 0.05) is 5.02 Å². The molecule has 6 heteroatoms. The summed E-state index contributed by atoms with van der Waals surface area (Å²) in [6.45, 7) is 0. The number of carbonyl (C=O) groups is 2. The Hall–Kier alpha value is -3.54. The lowest BCUT2D eigenvalue weighted by Gasteiger charge is -2.29. The van der Waals surface area contributed by atoms with Crippen molar-refractivity contribution in [2.75, 3.05) is 4.90 Å². The van der Waals surface area contributed by atoms with Gasteiger partial charge in [-0.3, -0.25) is 19.8 Å². The lowest BCUT2D eigenvalue weighted by molar-refractivity contribution is -0.122. The molecule has 0 aliphatic carbocycles. The van der Waals surface area contributed by atoms with Crippen molar-refractivity contribution in [3.8, 4) is 0 Å². The van der Waals surface area contributed by atoms with E-state index < -0.39 is 11.8 Å². The second kappa shape index (κ2) is 7.61. The van der Waals surface area contributed by atoms with Crippen molar-refractivity contribution < 1.29 is 9.59 Å². The number of nitrogens with zero attached hydrogens (tertiary/aromatic N) is 1. The molecule has 0 spiro atoms. The summed E-state index contributed by atoms with van der Waals surface area (Å²) in [6, 6.07) is 24.6. The van der Waals surface area contributed by atoms with Crippen LogP contribution in [-0.4, -0.2) is 16.9 Å². The molecule has 2 amide bonds. The summed E-state index contributed by atoms with van der Waals surface area (Å²) in [5.41, 5.74) is 1.37. The minimum atomic E-state index is -0.516. The van der Waals surface area contributed by atoms with Crippen molar-refractivity contribution in [1.29, 1.82) is 0 Å². The fourth-order valence-corrected chi connectivity index (χ4v) is 4.24. The fourth-order valence-electron chi connectivity index (χ4n) is 3.83. The molecular formula is C25H15ClN2O2S. The molecule has 4 aromatic carbocycles. The van der Waals surface area contributed by atoms with Crippen LogP contribution in [0, 0.1) is 0 Å². The predicted molar refractivity (Wildman–Crippen MR) is 129 cm³/mol. The minimum Gasteiger partial charge on any atom is -0.298 e. The van der Waals surface area contributed by atoms with Crippen LogP contribution in [0.2, 0.25) is 5.02 Å². The molecule has 0 atom stereocenters. The topological polar surface area (TPSA) is 49.4 Å². The van der Waals surface area contributed by atoms with E-state index in [1.54, 1.807) is 30.3 Å². The number of benzene rings is 4. The third kappa shape index (κ3) is 3.38. The number of thiocarbonyl (C=S) groups is 1. The summed E-state index contributed by atoms with van der Waals surface area (Å²) in [4.78, 5) is 27.5. The van der Waals surface area contributed by atoms with E-state index in [1.807, 2.05) is 48.5 Å². The van der Waals surface area contributed by atoms with Crippen LogP contribution in [0.1, 0.15) is 5.56 Å². The van der Waals surface area contributed by atoms with Gasteiger partial charge in [-0.05, 0) is 75.7 Å². The number of amides is 2. The smallest absolute Gasteiger partial charge is 0.270 e. The molecule has 1 N–H and O–H groups in total. The number of nitrogens with one attached hydrogen (secondary N) is 1. The highest BCUT2D eigenvalue weighted by molar-refractivity contribution is 7.80. The Balaban J connectivity index is 1.71. The maximum atomic E-state index is 13.4. The second-order valence-corrected chi connectivity index (χ2v) is 7.99. The van der Waals surface area contributed by atoms with Crippen LogP contribution >= 0.6 is 23.8 Å². The molecule has 150 valence electrons. The van der Waals surface area contributed by atoms with E-state index in [0.717, 1.165) is 27.1 Å². The van der Waals surface area contributed by atoms with Gasteiger partial charge in [-0.15, -0.1) is 0 Å². The van der Waals surface area contributed by atoms with Crippen molar-refractivity contribution in [3.63, 3.8) is 0 Å². The van der Waals surface area contributed by atoms with Crippen LogP contribution in [0.3, 0.4) is 0 Å². The van der Waals surface area contributed by atoms with Gasteiger partial charge in [0.05, 0.1) is 5.69 Å². The fraction of sp³-hybridized carbons (Fsp3) is 0. The van der Waals surface area contributed by atoms with Crippen molar-refractivity contribution in [1.82, 2.24) is 5.32 Å². The number of rotatable bonds is 2. The summed E-state index contributed by atoms with van der Waals surface area (Å²) < 4.78 is 0. The first-order valence-electron chi connectivity index (χ1n) is 9.60. The predicted octanol–water partition coefficient (Wildman–Crippen LogP) is 5.48. The largest absolute Gasteiger partial charge is 0.298 e. The lowest BCUT2D eigenvalue weighted by atomic mass is 9.94. The molecule has 1 aliphatic heterocycles. The van der Waals surface area contributed by atoms with Crippen LogP contribution in [0.5, 0.6) is 0 Å². The Morgan fingerprint density at radius 2 is 1.42 bits per heavy atom. The molecule has 4 nitrogen and oxygen atoms in total. The van der Waals surface area contributed by atoms with Gasteiger partial charge in [-0.1, -0.05) is 60.1 Å². The average Bonchev–Trinajstić information content (AvgIpc) is 2.77. The summed E-state index contributed by atoms with van der Waals surface area (Å²) in [5, 5.41) is 7.19. The van der Waals surface area contributed by atoms with E-state index >= 15 is 0 Å². The number of carbonyl (C=O) groups excluding carboxylic acids is 2. The molecule has 1 heterocycles. The number of anilines is 1. The first-order chi connectivity index (χ1) is 15.0. The highest BCUT2D eigenvalue weighted by atomic mass is 35.5. The van der Waals surface area contributed by atoms with Gasteiger partial charge < -0.3 is 0 Å². The van der Waals surface area contributed by atoms with Gasteiger partial charge in [0.2, 0.25) is 0 Å². The van der Waals surface area contributed by atoms with Gasteiger partial charge >= 0.3 is 0 Å². The monoisotopic (exact) mass is 442 g/mol. The van der Waals surface area contributed by atoms with Crippen molar-refractivity contribution in [2.45, 2.75) is 0 Å². The third-order valence-corrected chi connectivity index (χ3v) is 5.82. The number of fused-ring (bicyclic) bond motifs is 2. The van der Waals surface area contributed by atoms with E-state index in [0.29, 0.717) is 10.7 Å². The molecule has 31 heavy (non-hydrogen) atoms. The zero-order chi connectivity index (χ0) is 21.5. The molecule has 0 saturated carbocycles. The molecule has 0 unspecified atom stereocenters. The maximum Gasteiger partial charge on any atom is 0.270 e. The standard InChI is InChI=1S/C25H15ClN2O2S/c26-17-9-11-18(12-10-17)28-24(30)22(23(29)27-25(28)31)14-21-19-7-3-1-5-15(19)13-16-6-2-4-8-20(16)21/h1-14H,(H,27,29,31)/b22-14+. The van der Waals surface area contributed by atoms with Crippen molar-refractivity contribution in [3.05, 3.63) is 95.0 Å². The van der Waals surface area contributed by atoms with Gasteiger partial charge in [-0.2, -0.15) is 0 Å². The van der Waals surface area contributed by atoms with E-state index in [-0.39, 0.29) is 10.7 Å². The molecule has 1 saturated heterocycles. The first-order valence-corrected chi connectivity index (χ1v) is 10.4. The van der Waals surface area contributed by atoms with Gasteiger partial charge in [0.25, 0.3) is 11.8 Å². The van der Waals surface area contributed by atoms with Crippen LogP contribution < -0.4 is 10.2 Å². The van der Waals surface area contributed by atoms with E-state index in [2.05, 4.69) is 11.4 Å². The minimum absolute atomic E-state index is 0.0186. The SMILES string of the molecule is O=C1NC(=S)N(c2ccc(Cl)cc2)C(=O)/C1=C/c1c2ccccc2cc2ccccc12. The summed E-state index contributed by atoms with van der Waals surface area (Å²) >= 11 is 11.3. The lowest BCUT2D eigenvalue weighted by Crippen LogP contribution is -2.54. The maximum absolute atomic E-state index is 13.4. The normalized spacial score (nSPS) is 15.7. The van der Waals surface area contributed by atoms with Crippen LogP contribution in [0.4, 0.5) is 5.69 Å². The van der Waals surface area contributed by atoms with E-state index in [9.17, 15) is 9.59 Å². The van der Waals surface area contributed by atoms with Gasteiger partial charge in [0.15, 0.2) is 5.11 Å². The molecule has 4 aromatic rings. The Bertz CT molecular complexity index is 1370. The second-order valence-electron chi connectivity index (χ2n) is 7.17. The highest BCUT2D eigenvalue weighted by Gasteiger charge is 2.34. The first kappa shape index (κ1) is 19.4. The molecule has 1 fully saturated rings. The Kier molecular flexibility index (Phi) is 4.77. The highest BCUT2D eigenvalue weighted by Crippen LogP contribution is 2.31. The van der Waals surface area contributed by atoms with Gasteiger partial charge in [-0.25, -0.2) is 0 Å². The Morgan fingerprint density at radius 3 is 2.03 bits per heavy atom. The Morgan fingerprint density at radius 1 is 0.839 bits per heavy atom. The van der Waals surface area contributed by atoms with E-state index in [1.165, 1.54) is 4.90 Å². The molecule has 5 rings (SSSR count). The quantitative estimate of drug-likeness (QED) is 0.193. The zero-order valence-corrected chi connectivity index (χ0v) is 17.7. The van der Waals surface area contributed by atoms with Crippen LogP contribution in [-0.2, 0) is 9.59 Å². The van der Waals surface area contributed by atoms with Crippen LogP contribution in [0.15, 0.2) is 84.4 Å². The third-order valence-electron chi connectivity index (χ3n) is 5.29. The zero-order valence-electron chi connectivity index (χ0n) is 16.1. The molecule has 0 aromatic heterocycles. The summed E-state index contributed by atoms with van der Waals surface area (Å²) in [5.74, 6) is -0.995. The average molecular weight is 443 g/mol. The number of halogens is 1. The number of hydrogen-bond acceptors (Lipinski definition) is 3. The molecule has 0 radical (unpaired) electrons. The van der Waals surface area contributed by atoms with Crippen molar-refractivity contribution >= 4 is 74.1 Å². The Labute approximate surface area is 188 Å². The van der Waals surface area contributed by atoms with Gasteiger partial charge in [0.1, 0.15) is 5.57 Å². The molecular weight excluding hydrogens is 428 g/mol. The molecule has 1 aliphatic rings. The summed E-state index contributed by atoms with van der Waals surface area (Å²) in [6.07, 6.45) is 1.66. The van der Waals surface area contributed by atoms with E-state index in [4.69, 9.17) is 23.8 Å². The summed E-state index contributed by atoms with van der Waals surface area (Å²) in [7, 11) is 0. The van der Waals surface area contributed by atoms with Crippen LogP contribution in [0.25, 0.3) is 27.6 Å². The van der Waals surface area contributed by atoms with Crippen molar-refractivity contribution in [2.24, 2.45) is 0 Å². The molecule has 0 bridgehead atoms. The number of hydrogen-bond donors (Lipinski definition) is 1.